The van der Waals surface area contributed by atoms with Crippen LogP contribution in [0.15, 0.2) is 115 Å². The molecular formula is C31H26O2. The van der Waals surface area contributed by atoms with Gasteiger partial charge in [-0.1, -0.05) is 115 Å². The predicted octanol–water partition coefficient (Wildman–Crippen LogP) is 7.77. The minimum atomic E-state index is -0.768. The van der Waals surface area contributed by atoms with E-state index in [2.05, 4.69) is 84.9 Å². The second kappa shape index (κ2) is 9.30. The van der Waals surface area contributed by atoms with Gasteiger partial charge in [0.1, 0.15) is 0 Å². The van der Waals surface area contributed by atoms with Gasteiger partial charge in [0.2, 0.25) is 0 Å². The summed E-state index contributed by atoms with van der Waals surface area (Å²) >= 11 is 0. The van der Waals surface area contributed by atoms with Crippen molar-refractivity contribution in [3.05, 3.63) is 132 Å². The Morgan fingerprint density at radius 2 is 1.06 bits per heavy atom. The molecule has 0 aliphatic rings. The van der Waals surface area contributed by atoms with Crippen molar-refractivity contribution in [2.75, 3.05) is 0 Å². The molecule has 0 bridgehead atoms. The fourth-order valence-corrected chi connectivity index (χ4v) is 5.04. The zero-order valence-corrected chi connectivity index (χ0v) is 18.4. The van der Waals surface area contributed by atoms with Crippen LogP contribution in [0.5, 0.6) is 0 Å². The van der Waals surface area contributed by atoms with Crippen LogP contribution in [0.25, 0.3) is 21.5 Å². The Labute approximate surface area is 194 Å². The van der Waals surface area contributed by atoms with Crippen molar-refractivity contribution in [1.82, 2.24) is 0 Å². The van der Waals surface area contributed by atoms with E-state index in [1.807, 2.05) is 30.3 Å². The van der Waals surface area contributed by atoms with Gasteiger partial charge in [-0.05, 0) is 51.1 Å². The Morgan fingerprint density at radius 1 is 0.576 bits per heavy atom. The van der Waals surface area contributed by atoms with Crippen molar-refractivity contribution < 1.29 is 9.90 Å². The van der Waals surface area contributed by atoms with E-state index < -0.39 is 11.9 Å². The van der Waals surface area contributed by atoms with Crippen LogP contribution < -0.4 is 0 Å². The van der Waals surface area contributed by atoms with Crippen LogP contribution in [0, 0.1) is 0 Å². The van der Waals surface area contributed by atoms with Gasteiger partial charge in [-0.15, -0.1) is 0 Å². The summed E-state index contributed by atoms with van der Waals surface area (Å²) in [5.74, 6) is -1.21. The molecule has 1 N–H and O–H groups in total. The van der Waals surface area contributed by atoms with E-state index in [0.717, 1.165) is 12.0 Å². The molecule has 0 saturated carbocycles. The number of rotatable bonds is 7. The average molecular weight is 431 g/mol. The number of hydrogen-bond acceptors (Lipinski definition) is 1. The molecule has 0 aliphatic heterocycles. The van der Waals surface area contributed by atoms with Gasteiger partial charge in [0.05, 0.1) is 5.92 Å². The van der Waals surface area contributed by atoms with E-state index in [9.17, 15) is 9.90 Å². The normalized spacial score (nSPS) is 12.3. The molecule has 162 valence electrons. The number of hydrogen-bond donors (Lipinski definition) is 1. The second-order valence-corrected chi connectivity index (χ2v) is 8.57. The summed E-state index contributed by atoms with van der Waals surface area (Å²) in [7, 11) is 0. The van der Waals surface area contributed by atoms with Gasteiger partial charge in [-0.25, -0.2) is 0 Å². The first-order valence-electron chi connectivity index (χ1n) is 11.5. The van der Waals surface area contributed by atoms with E-state index in [-0.39, 0.29) is 5.92 Å². The summed E-state index contributed by atoms with van der Waals surface area (Å²) in [6.07, 6.45) is 1.31. The summed E-state index contributed by atoms with van der Waals surface area (Å²) in [6.45, 7) is 0. The highest BCUT2D eigenvalue weighted by Gasteiger charge is 2.25. The molecule has 5 rings (SSSR count). The topological polar surface area (TPSA) is 37.3 Å². The maximum Gasteiger partial charge on any atom is 0.310 e. The summed E-state index contributed by atoms with van der Waals surface area (Å²) in [5.41, 5.74) is 3.36. The number of aliphatic carboxylic acids is 1. The maximum absolute atomic E-state index is 12.2. The molecule has 1 atom stereocenters. The van der Waals surface area contributed by atoms with Crippen molar-refractivity contribution in [2.24, 2.45) is 0 Å². The van der Waals surface area contributed by atoms with Crippen molar-refractivity contribution in [3.63, 3.8) is 0 Å². The van der Waals surface area contributed by atoms with Gasteiger partial charge >= 0.3 is 5.97 Å². The predicted molar refractivity (Wildman–Crippen MR) is 136 cm³/mol. The molecule has 0 unspecified atom stereocenters. The van der Waals surface area contributed by atoms with E-state index in [0.29, 0.717) is 6.42 Å². The maximum atomic E-state index is 12.2. The molecular weight excluding hydrogens is 404 g/mol. The minimum absolute atomic E-state index is 0.0905. The van der Waals surface area contributed by atoms with Crippen LogP contribution in [0.4, 0.5) is 0 Å². The Hall–Kier alpha value is -3.91. The Kier molecular flexibility index (Phi) is 5.91. The van der Waals surface area contributed by atoms with Crippen molar-refractivity contribution in [2.45, 2.75) is 24.7 Å². The quantitative estimate of drug-likeness (QED) is 0.286. The molecule has 0 radical (unpaired) electrons. The van der Waals surface area contributed by atoms with Crippen LogP contribution >= 0.6 is 0 Å². The lowest BCUT2D eigenvalue weighted by Crippen LogP contribution is -2.14. The monoisotopic (exact) mass is 430 g/mol. The second-order valence-electron chi connectivity index (χ2n) is 8.57. The largest absolute Gasteiger partial charge is 0.481 e. The first kappa shape index (κ1) is 21.0. The third-order valence-corrected chi connectivity index (χ3v) is 6.64. The zero-order valence-electron chi connectivity index (χ0n) is 18.4. The first-order chi connectivity index (χ1) is 16.2. The summed E-state index contributed by atoms with van der Waals surface area (Å²) < 4.78 is 0. The number of fused-ring (bicyclic) bond motifs is 2. The molecule has 0 fully saturated rings. The van der Waals surface area contributed by atoms with Crippen LogP contribution in [0.1, 0.15) is 41.4 Å². The fraction of sp³-hybridized carbons (Fsp3) is 0.129. The molecule has 2 nitrogen and oxygen atoms in total. The highest BCUT2D eigenvalue weighted by atomic mass is 16.4. The summed E-state index contributed by atoms with van der Waals surface area (Å²) in [5, 5.41) is 14.9. The molecule has 0 spiro atoms. The fourth-order valence-electron chi connectivity index (χ4n) is 5.04. The standard InChI is InChI=1S/C31H26O2/c32-31(33)27(24-10-2-1-3-11-24)20-21-30(28-18-8-14-22-12-4-6-16-25(22)28)29-19-9-15-23-13-5-7-17-26(23)29/h1-19,27,30H,20-21H2,(H,32,33)/t27-/m1/s1. The number of benzene rings is 5. The smallest absolute Gasteiger partial charge is 0.310 e. The van der Waals surface area contributed by atoms with E-state index >= 15 is 0 Å². The third-order valence-electron chi connectivity index (χ3n) is 6.64. The summed E-state index contributed by atoms with van der Waals surface area (Å²) in [4.78, 5) is 12.2. The van der Waals surface area contributed by atoms with Crippen LogP contribution in [-0.2, 0) is 4.79 Å². The van der Waals surface area contributed by atoms with Gasteiger partial charge in [-0.3, -0.25) is 4.79 Å². The molecule has 33 heavy (non-hydrogen) atoms. The minimum Gasteiger partial charge on any atom is -0.481 e. The molecule has 0 aliphatic carbocycles. The molecule has 0 amide bonds. The molecule has 0 heterocycles. The SMILES string of the molecule is O=C(O)[C@H](CCC(c1cccc2ccccc12)c1cccc2ccccc12)c1ccccc1. The third kappa shape index (κ3) is 4.25. The molecule has 0 saturated heterocycles. The Bertz CT molecular complexity index is 1310. The van der Waals surface area contributed by atoms with Gasteiger partial charge in [0.15, 0.2) is 0 Å². The van der Waals surface area contributed by atoms with Gasteiger partial charge in [-0.2, -0.15) is 0 Å². The molecule has 0 aromatic heterocycles. The lowest BCUT2D eigenvalue weighted by molar-refractivity contribution is -0.139. The van der Waals surface area contributed by atoms with E-state index in [1.54, 1.807) is 0 Å². The number of carboxylic acids is 1. The van der Waals surface area contributed by atoms with Gasteiger partial charge in [0.25, 0.3) is 0 Å². The zero-order chi connectivity index (χ0) is 22.6. The lowest BCUT2D eigenvalue weighted by Gasteiger charge is -2.23. The van der Waals surface area contributed by atoms with Crippen LogP contribution in [-0.4, -0.2) is 11.1 Å². The Morgan fingerprint density at radius 3 is 1.61 bits per heavy atom. The first-order valence-corrected chi connectivity index (χ1v) is 11.5. The highest BCUT2D eigenvalue weighted by molar-refractivity contribution is 5.90. The average Bonchev–Trinajstić information content (AvgIpc) is 2.87. The highest BCUT2D eigenvalue weighted by Crippen LogP contribution is 2.39. The summed E-state index contributed by atoms with van der Waals surface area (Å²) in [6, 6.07) is 39.4. The van der Waals surface area contributed by atoms with E-state index in [1.165, 1.54) is 32.7 Å². The Balaban J connectivity index is 1.62. The van der Waals surface area contributed by atoms with E-state index in [4.69, 9.17) is 0 Å². The molecule has 2 heteroatoms. The molecule has 5 aromatic carbocycles. The van der Waals surface area contributed by atoms with Crippen molar-refractivity contribution in [3.8, 4) is 0 Å². The van der Waals surface area contributed by atoms with Crippen LogP contribution in [0.3, 0.4) is 0 Å². The number of carbonyl (C=O) groups is 1. The number of carboxylic acid groups (broad SMARTS) is 1. The van der Waals surface area contributed by atoms with Gasteiger partial charge in [0, 0.05) is 5.92 Å². The van der Waals surface area contributed by atoms with Crippen molar-refractivity contribution in [1.29, 1.82) is 0 Å². The molecule has 5 aromatic rings. The van der Waals surface area contributed by atoms with Crippen LogP contribution in [0.2, 0.25) is 0 Å². The van der Waals surface area contributed by atoms with Crippen molar-refractivity contribution >= 4 is 27.5 Å². The van der Waals surface area contributed by atoms with Gasteiger partial charge < -0.3 is 5.11 Å². The lowest BCUT2D eigenvalue weighted by atomic mass is 9.80.